The summed E-state index contributed by atoms with van der Waals surface area (Å²) in [5.41, 5.74) is 9.81. The quantitative estimate of drug-likeness (QED) is 0.484. The van der Waals surface area contributed by atoms with Gasteiger partial charge >= 0.3 is 0 Å². The van der Waals surface area contributed by atoms with E-state index in [1.165, 1.54) is 0 Å². The molecule has 0 fully saturated rings. The molecular formula is C7H20N2NaO3S. The standard InChI is InChI=1S/C5H12O3S.C2H8N2.Na/c1-3-5-9(6,7)8-4-2;3-1-2-4;/h3-5H2,1-2H3;1-4H2;. The minimum Gasteiger partial charge on any atom is -0.329 e. The second-order valence-electron chi connectivity index (χ2n) is 2.25. The molecule has 4 N–H and O–H groups in total. The molecule has 0 amide bonds. The molecule has 0 bridgehead atoms. The van der Waals surface area contributed by atoms with Crippen LogP contribution in [0.4, 0.5) is 0 Å². The molecule has 0 spiro atoms. The van der Waals surface area contributed by atoms with Gasteiger partial charge in [0, 0.05) is 42.6 Å². The molecule has 0 aromatic heterocycles. The minimum atomic E-state index is -3.18. The number of rotatable bonds is 5. The Bertz CT molecular complexity index is 171. The second kappa shape index (κ2) is 13.8. The summed E-state index contributed by atoms with van der Waals surface area (Å²) < 4.78 is 25.7. The van der Waals surface area contributed by atoms with E-state index in [1.54, 1.807) is 13.8 Å². The predicted molar refractivity (Wildman–Crippen MR) is 59.6 cm³/mol. The third-order valence-electron chi connectivity index (χ3n) is 0.918. The van der Waals surface area contributed by atoms with Crippen LogP contribution in [-0.4, -0.2) is 63.4 Å². The van der Waals surface area contributed by atoms with Crippen LogP contribution < -0.4 is 11.5 Å². The van der Waals surface area contributed by atoms with E-state index in [0.29, 0.717) is 19.5 Å². The van der Waals surface area contributed by atoms with Crippen LogP contribution in [0.1, 0.15) is 20.3 Å². The van der Waals surface area contributed by atoms with Gasteiger partial charge in [0.1, 0.15) is 0 Å². The average Bonchev–Trinajstić information content (AvgIpc) is 2.04. The van der Waals surface area contributed by atoms with Crippen LogP contribution >= 0.6 is 0 Å². The Morgan fingerprint density at radius 1 is 1.14 bits per heavy atom. The zero-order chi connectivity index (χ0) is 10.7. The molecule has 0 aromatic carbocycles. The first-order valence-corrected chi connectivity index (χ1v) is 5.89. The first-order valence-electron chi connectivity index (χ1n) is 4.31. The van der Waals surface area contributed by atoms with Gasteiger partial charge < -0.3 is 11.5 Å². The topological polar surface area (TPSA) is 95.4 Å². The Hall–Kier alpha value is 0.830. The molecule has 7 heteroatoms. The molecule has 0 aliphatic rings. The Kier molecular flexibility index (Phi) is 20.0. The van der Waals surface area contributed by atoms with Crippen LogP contribution in [0.15, 0.2) is 0 Å². The van der Waals surface area contributed by atoms with Crippen molar-refractivity contribution in [3.63, 3.8) is 0 Å². The molecule has 0 atom stereocenters. The van der Waals surface area contributed by atoms with Gasteiger partial charge in [0.2, 0.25) is 0 Å². The SMILES string of the molecule is CCCS(=O)(=O)OCC.NCCN.[Na]. The summed E-state index contributed by atoms with van der Waals surface area (Å²) >= 11 is 0. The molecule has 0 aliphatic heterocycles. The summed E-state index contributed by atoms with van der Waals surface area (Å²) in [6, 6.07) is 0. The summed E-state index contributed by atoms with van der Waals surface area (Å²) in [6.45, 7) is 4.89. The van der Waals surface area contributed by atoms with Crippen LogP contribution in [0.2, 0.25) is 0 Å². The van der Waals surface area contributed by atoms with Gasteiger partial charge in [-0.1, -0.05) is 6.92 Å². The molecule has 14 heavy (non-hydrogen) atoms. The third kappa shape index (κ3) is 18.6. The third-order valence-corrected chi connectivity index (χ3v) is 2.42. The van der Waals surface area contributed by atoms with Gasteiger partial charge in [-0.15, -0.1) is 0 Å². The normalized spacial score (nSPS) is 9.71. The first kappa shape index (κ1) is 20.3. The number of nitrogens with two attached hydrogens (primary N) is 2. The van der Waals surface area contributed by atoms with Crippen LogP contribution in [0, 0.1) is 0 Å². The monoisotopic (exact) mass is 235 g/mol. The van der Waals surface area contributed by atoms with E-state index in [-0.39, 0.29) is 41.9 Å². The summed E-state index contributed by atoms with van der Waals surface area (Å²) in [7, 11) is -3.18. The van der Waals surface area contributed by atoms with Crippen molar-refractivity contribution in [1.82, 2.24) is 0 Å². The molecule has 5 nitrogen and oxygen atoms in total. The fraction of sp³-hybridized carbons (Fsp3) is 1.00. The maximum absolute atomic E-state index is 10.6. The molecule has 0 heterocycles. The van der Waals surface area contributed by atoms with Crippen molar-refractivity contribution < 1.29 is 12.6 Å². The summed E-state index contributed by atoms with van der Waals surface area (Å²) in [5, 5.41) is 0. The predicted octanol–water partition coefficient (Wildman–Crippen LogP) is -0.714. The van der Waals surface area contributed by atoms with E-state index >= 15 is 0 Å². The molecule has 0 aliphatic carbocycles. The fourth-order valence-corrected chi connectivity index (χ4v) is 1.47. The molecule has 0 aromatic rings. The molecule has 0 saturated carbocycles. The first-order chi connectivity index (χ1) is 6.04. The number of hydrogen-bond acceptors (Lipinski definition) is 5. The van der Waals surface area contributed by atoms with Gasteiger partial charge in [0.05, 0.1) is 12.4 Å². The smallest absolute Gasteiger partial charge is 0.267 e. The zero-order valence-electron chi connectivity index (χ0n) is 9.32. The molecular weight excluding hydrogens is 215 g/mol. The Morgan fingerprint density at radius 3 is 1.79 bits per heavy atom. The van der Waals surface area contributed by atoms with E-state index in [0.717, 1.165) is 0 Å². The van der Waals surface area contributed by atoms with Crippen molar-refractivity contribution in [1.29, 1.82) is 0 Å². The van der Waals surface area contributed by atoms with E-state index in [1.807, 2.05) is 0 Å². The van der Waals surface area contributed by atoms with Crippen LogP contribution in [0.25, 0.3) is 0 Å². The zero-order valence-corrected chi connectivity index (χ0v) is 12.1. The Balaban J connectivity index is -0.000000209. The van der Waals surface area contributed by atoms with Crippen molar-refractivity contribution in [3.8, 4) is 0 Å². The van der Waals surface area contributed by atoms with E-state index in [4.69, 9.17) is 11.5 Å². The Labute approximate surface area is 109 Å². The average molecular weight is 235 g/mol. The second-order valence-corrected chi connectivity index (χ2v) is 4.00. The van der Waals surface area contributed by atoms with Crippen LogP contribution in [-0.2, 0) is 14.3 Å². The molecule has 0 saturated heterocycles. The Morgan fingerprint density at radius 2 is 1.57 bits per heavy atom. The van der Waals surface area contributed by atoms with Crippen LogP contribution in [0.3, 0.4) is 0 Å². The minimum absolute atomic E-state index is 0. The molecule has 0 unspecified atom stereocenters. The van der Waals surface area contributed by atoms with Crippen molar-refractivity contribution in [2.24, 2.45) is 11.5 Å². The van der Waals surface area contributed by atoms with Crippen molar-refractivity contribution in [2.45, 2.75) is 20.3 Å². The van der Waals surface area contributed by atoms with Gasteiger partial charge in [-0.3, -0.25) is 4.18 Å². The molecule has 0 rings (SSSR count). The van der Waals surface area contributed by atoms with E-state index in [9.17, 15) is 8.42 Å². The fourth-order valence-electron chi connectivity index (χ4n) is 0.488. The summed E-state index contributed by atoms with van der Waals surface area (Å²) in [5.74, 6) is 0.126. The van der Waals surface area contributed by atoms with Crippen molar-refractivity contribution >= 4 is 39.7 Å². The number of hydrogen-bond donors (Lipinski definition) is 2. The van der Waals surface area contributed by atoms with Gasteiger partial charge in [0.25, 0.3) is 10.1 Å². The van der Waals surface area contributed by atoms with E-state index < -0.39 is 10.1 Å². The van der Waals surface area contributed by atoms with Gasteiger partial charge in [-0.2, -0.15) is 8.42 Å². The van der Waals surface area contributed by atoms with Crippen molar-refractivity contribution in [3.05, 3.63) is 0 Å². The van der Waals surface area contributed by atoms with Gasteiger partial charge in [-0.25, -0.2) is 0 Å². The maximum atomic E-state index is 10.6. The summed E-state index contributed by atoms with van der Waals surface area (Å²) in [4.78, 5) is 0. The van der Waals surface area contributed by atoms with E-state index in [2.05, 4.69) is 4.18 Å². The molecule has 1 radical (unpaired) electrons. The van der Waals surface area contributed by atoms with Crippen molar-refractivity contribution in [2.75, 3.05) is 25.4 Å². The maximum Gasteiger partial charge on any atom is 0.267 e. The van der Waals surface area contributed by atoms with Gasteiger partial charge in [0.15, 0.2) is 0 Å². The van der Waals surface area contributed by atoms with Crippen LogP contribution in [0.5, 0.6) is 0 Å². The summed E-state index contributed by atoms with van der Waals surface area (Å²) in [6.07, 6.45) is 0.613. The van der Waals surface area contributed by atoms with Gasteiger partial charge in [-0.05, 0) is 13.3 Å². The molecule has 83 valence electrons. The largest absolute Gasteiger partial charge is 0.329 e.